The molecule has 0 saturated carbocycles. The Kier molecular flexibility index (Phi) is 10.8. The molecule has 1 saturated heterocycles. The first-order valence-corrected chi connectivity index (χ1v) is 14.0. The highest BCUT2D eigenvalue weighted by Gasteiger charge is 2.35. The zero-order valence-corrected chi connectivity index (χ0v) is 24.0. The topological polar surface area (TPSA) is 67.9 Å². The van der Waals surface area contributed by atoms with Gasteiger partial charge in [0.15, 0.2) is 0 Å². The van der Waals surface area contributed by atoms with E-state index in [1.54, 1.807) is 0 Å². The van der Waals surface area contributed by atoms with Gasteiger partial charge in [-0.05, 0) is 88.2 Å². The minimum Gasteiger partial charge on any atom is -0.489 e. The first-order chi connectivity index (χ1) is 18.0. The first-order valence-electron chi connectivity index (χ1n) is 14.0. The van der Waals surface area contributed by atoms with Gasteiger partial charge in [-0.2, -0.15) is 0 Å². The molecule has 1 aliphatic rings. The maximum Gasteiger partial charge on any atom is 0.329 e. The number of carbonyl (C=O) groups is 2. The van der Waals surface area contributed by atoms with Crippen LogP contribution in [0.2, 0.25) is 0 Å². The fourth-order valence-corrected chi connectivity index (χ4v) is 4.69. The second-order valence-electron chi connectivity index (χ2n) is 12.1. The second-order valence-corrected chi connectivity index (χ2v) is 12.1. The zero-order valence-electron chi connectivity index (χ0n) is 24.0. The molecule has 38 heavy (non-hydrogen) atoms. The number of ether oxygens (including phenoxy) is 2. The lowest BCUT2D eigenvalue weighted by Crippen LogP contribution is -2.55. The summed E-state index contributed by atoms with van der Waals surface area (Å²) in [7, 11) is 0. The average Bonchev–Trinajstić information content (AvgIpc) is 2.86. The predicted octanol–water partition coefficient (Wildman–Crippen LogP) is 5.78. The Morgan fingerprint density at radius 2 is 1.71 bits per heavy atom. The van der Waals surface area contributed by atoms with E-state index in [2.05, 4.69) is 31.0 Å². The van der Waals surface area contributed by atoms with E-state index in [1.165, 1.54) is 0 Å². The fourth-order valence-electron chi connectivity index (χ4n) is 4.69. The third kappa shape index (κ3) is 9.79. The predicted molar refractivity (Wildman–Crippen MR) is 152 cm³/mol. The van der Waals surface area contributed by atoms with E-state index in [0.29, 0.717) is 24.9 Å². The van der Waals surface area contributed by atoms with Crippen LogP contribution in [0, 0.1) is 11.8 Å². The highest BCUT2D eigenvalue weighted by atomic mass is 16.6. The summed E-state index contributed by atoms with van der Waals surface area (Å²) in [5.41, 5.74) is 1.39. The standard InChI is InChI=1S/C32H46N2O4/c1-23(2)16-18-34-19-17-24(3)20-29(34)30(35)33-28(31(36)38-32(4,5)6)21-25-12-14-27(15-13-25)37-22-26-10-8-7-9-11-26/h7-15,23-24,28-29H,16-22H2,1-6H3,(H,33,35)/t24?,28-,29?/m0/s1. The van der Waals surface area contributed by atoms with Crippen LogP contribution < -0.4 is 10.1 Å². The third-order valence-corrected chi connectivity index (χ3v) is 6.89. The molecule has 1 N–H and O–H groups in total. The Hall–Kier alpha value is -2.86. The van der Waals surface area contributed by atoms with Gasteiger partial charge in [0, 0.05) is 6.42 Å². The van der Waals surface area contributed by atoms with E-state index < -0.39 is 17.6 Å². The SMILES string of the molecule is CC(C)CCN1CCC(C)CC1C(=O)N[C@@H](Cc1ccc(OCc2ccccc2)cc1)C(=O)OC(C)(C)C. The number of amides is 1. The quantitative estimate of drug-likeness (QED) is 0.379. The molecule has 0 aliphatic carbocycles. The van der Waals surface area contributed by atoms with Gasteiger partial charge >= 0.3 is 5.97 Å². The summed E-state index contributed by atoms with van der Waals surface area (Å²) < 4.78 is 11.6. The Bertz CT molecular complexity index is 1010. The molecule has 0 radical (unpaired) electrons. The molecule has 2 aromatic rings. The lowest BCUT2D eigenvalue weighted by molar-refractivity contribution is -0.159. The van der Waals surface area contributed by atoms with Gasteiger partial charge < -0.3 is 14.8 Å². The van der Waals surface area contributed by atoms with Crippen LogP contribution >= 0.6 is 0 Å². The summed E-state index contributed by atoms with van der Waals surface area (Å²) >= 11 is 0. The number of benzene rings is 2. The second kappa shape index (κ2) is 13.8. The molecule has 0 bridgehead atoms. The van der Waals surface area contributed by atoms with Crippen LogP contribution in [0.25, 0.3) is 0 Å². The van der Waals surface area contributed by atoms with E-state index >= 15 is 0 Å². The molecule has 0 spiro atoms. The van der Waals surface area contributed by atoms with Crippen molar-refractivity contribution in [1.82, 2.24) is 10.2 Å². The number of carbonyl (C=O) groups excluding carboxylic acids is 2. The van der Waals surface area contributed by atoms with E-state index in [9.17, 15) is 9.59 Å². The highest BCUT2D eigenvalue weighted by Crippen LogP contribution is 2.24. The van der Waals surface area contributed by atoms with Crippen molar-refractivity contribution < 1.29 is 19.1 Å². The molecule has 3 rings (SSSR count). The molecular formula is C32H46N2O4. The van der Waals surface area contributed by atoms with Gasteiger partial charge in [0.2, 0.25) is 5.91 Å². The lowest BCUT2D eigenvalue weighted by atomic mass is 9.91. The van der Waals surface area contributed by atoms with Crippen LogP contribution in [-0.2, 0) is 27.4 Å². The summed E-state index contributed by atoms with van der Waals surface area (Å²) in [5.74, 6) is 1.32. The van der Waals surface area contributed by atoms with Crippen LogP contribution in [0.3, 0.4) is 0 Å². The molecule has 1 fully saturated rings. The lowest BCUT2D eigenvalue weighted by Gasteiger charge is -2.38. The van der Waals surface area contributed by atoms with Gasteiger partial charge in [0.1, 0.15) is 24.0 Å². The van der Waals surface area contributed by atoms with Gasteiger partial charge in [-0.1, -0.05) is 63.2 Å². The number of likely N-dealkylation sites (tertiary alicyclic amines) is 1. The van der Waals surface area contributed by atoms with Crippen molar-refractivity contribution >= 4 is 11.9 Å². The van der Waals surface area contributed by atoms with Crippen molar-refractivity contribution in [3.63, 3.8) is 0 Å². The largest absolute Gasteiger partial charge is 0.489 e. The number of piperidine rings is 1. The van der Waals surface area contributed by atoms with Crippen LogP contribution in [0.15, 0.2) is 54.6 Å². The molecule has 3 atom stereocenters. The molecular weight excluding hydrogens is 476 g/mol. The van der Waals surface area contributed by atoms with Crippen molar-refractivity contribution in [2.45, 2.75) is 91.5 Å². The summed E-state index contributed by atoms with van der Waals surface area (Å²) in [5, 5.41) is 3.07. The Morgan fingerprint density at radius 3 is 2.34 bits per heavy atom. The maximum atomic E-state index is 13.6. The van der Waals surface area contributed by atoms with Crippen molar-refractivity contribution in [2.75, 3.05) is 13.1 Å². The van der Waals surface area contributed by atoms with Crippen LogP contribution in [0.4, 0.5) is 0 Å². The highest BCUT2D eigenvalue weighted by molar-refractivity contribution is 5.88. The van der Waals surface area contributed by atoms with Crippen molar-refractivity contribution in [3.8, 4) is 5.75 Å². The zero-order chi connectivity index (χ0) is 27.7. The molecule has 1 heterocycles. The Balaban J connectivity index is 1.69. The number of esters is 1. The van der Waals surface area contributed by atoms with Crippen LogP contribution in [0.5, 0.6) is 5.75 Å². The third-order valence-electron chi connectivity index (χ3n) is 6.89. The monoisotopic (exact) mass is 522 g/mol. The molecule has 0 aromatic heterocycles. The maximum absolute atomic E-state index is 13.6. The average molecular weight is 523 g/mol. The van der Waals surface area contributed by atoms with Crippen molar-refractivity contribution in [2.24, 2.45) is 11.8 Å². The Morgan fingerprint density at radius 1 is 1.03 bits per heavy atom. The number of nitrogens with zero attached hydrogens (tertiary/aromatic N) is 1. The molecule has 2 aromatic carbocycles. The molecule has 2 unspecified atom stereocenters. The number of hydrogen-bond donors (Lipinski definition) is 1. The molecule has 1 aliphatic heterocycles. The van der Waals surface area contributed by atoms with E-state index in [4.69, 9.17) is 9.47 Å². The van der Waals surface area contributed by atoms with E-state index in [1.807, 2.05) is 75.4 Å². The van der Waals surface area contributed by atoms with Gasteiger partial charge in [0.05, 0.1) is 6.04 Å². The molecule has 6 nitrogen and oxygen atoms in total. The summed E-state index contributed by atoms with van der Waals surface area (Å²) in [6.45, 7) is 14.4. The Labute approximate surface area is 229 Å². The van der Waals surface area contributed by atoms with Crippen LogP contribution in [0.1, 0.15) is 71.9 Å². The van der Waals surface area contributed by atoms with E-state index in [-0.39, 0.29) is 11.9 Å². The number of hydrogen-bond acceptors (Lipinski definition) is 5. The number of rotatable bonds is 11. The normalized spacial score (nSPS) is 19.1. The minimum absolute atomic E-state index is 0.0843. The smallest absolute Gasteiger partial charge is 0.329 e. The molecule has 6 heteroatoms. The van der Waals surface area contributed by atoms with Gasteiger partial charge in [-0.15, -0.1) is 0 Å². The molecule has 208 valence electrons. The van der Waals surface area contributed by atoms with Crippen molar-refractivity contribution in [3.05, 3.63) is 65.7 Å². The summed E-state index contributed by atoms with van der Waals surface area (Å²) in [4.78, 5) is 29.0. The van der Waals surface area contributed by atoms with E-state index in [0.717, 1.165) is 49.2 Å². The van der Waals surface area contributed by atoms with Crippen LogP contribution in [-0.4, -0.2) is 47.6 Å². The van der Waals surface area contributed by atoms with Gasteiger partial charge in [0.25, 0.3) is 0 Å². The summed E-state index contributed by atoms with van der Waals surface area (Å²) in [6.07, 6.45) is 3.30. The molecule has 1 amide bonds. The van der Waals surface area contributed by atoms with Gasteiger partial charge in [-0.25, -0.2) is 4.79 Å². The van der Waals surface area contributed by atoms with Crippen molar-refractivity contribution in [1.29, 1.82) is 0 Å². The summed E-state index contributed by atoms with van der Waals surface area (Å²) in [6, 6.07) is 16.7. The van der Waals surface area contributed by atoms with Gasteiger partial charge in [-0.3, -0.25) is 9.69 Å². The number of nitrogens with one attached hydrogen (secondary N) is 1. The first kappa shape index (κ1) is 29.7. The minimum atomic E-state index is -0.762. The fraction of sp³-hybridized carbons (Fsp3) is 0.562.